The summed E-state index contributed by atoms with van der Waals surface area (Å²) in [6.45, 7) is 8.13. The molecule has 0 aliphatic carbocycles. The van der Waals surface area contributed by atoms with Gasteiger partial charge in [0.25, 0.3) is 5.91 Å². The first-order valence-corrected chi connectivity index (χ1v) is 11.9. The molecule has 0 unspecified atom stereocenters. The summed E-state index contributed by atoms with van der Waals surface area (Å²) in [6, 6.07) is 4.48. The number of hydrogen-bond donors (Lipinski definition) is 1. The second-order valence-corrected chi connectivity index (χ2v) is 9.96. The zero-order valence-electron chi connectivity index (χ0n) is 21.0. The van der Waals surface area contributed by atoms with Crippen molar-refractivity contribution in [2.45, 2.75) is 45.8 Å². The Bertz CT molecular complexity index is 1510. The Balaban J connectivity index is 1.35. The molecule has 37 heavy (non-hydrogen) atoms. The summed E-state index contributed by atoms with van der Waals surface area (Å²) in [6.07, 6.45) is 6.27. The van der Waals surface area contributed by atoms with Crippen molar-refractivity contribution in [3.63, 3.8) is 0 Å². The van der Waals surface area contributed by atoms with Crippen LogP contribution in [0, 0.1) is 12.7 Å². The van der Waals surface area contributed by atoms with Crippen LogP contribution in [-0.2, 0) is 4.74 Å². The van der Waals surface area contributed by atoms with Gasteiger partial charge < -0.3 is 24.1 Å². The van der Waals surface area contributed by atoms with Crippen LogP contribution >= 0.6 is 0 Å². The molecular formula is C26H27FN6O4. The molecule has 1 aromatic carbocycles. The number of nitrogens with one attached hydrogen (secondary N) is 1. The number of ether oxygens (including phenoxy) is 2. The van der Waals surface area contributed by atoms with Crippen LogP contribution < -0.4 is 10.1 Å². The van der Waals surface area contributed by atoms with E-state index in [1.807, 2.05) is 20.8 Å². The third-order valence-corrected chi connectivity index (χ3v) is 5.81. The van der Waals surface area contributed by atoms with E-state index in [0.717, 1.165) is 0 Å². The number of aryl methyl sites for hydroxylation is 1. The largest absolute Gasteiger partial charge is 0.486 e. The Hall–Kier alpha value is -4.28. The summed E-state index contributed by atoms with van der Waals surface area (Å²) in [4.78, 5) is 40.0. The molecule has 192 valence electrons. The molecule has 10 nitrogen and oxygen atoms in total. The number of amides is 2. The Kier molecular flexibility index (Phi) is 6.14. The smallest absolute Gasteiger partial charge is 0.410 e. The molecule has 1 saturated heterocycles. The molecule has 3 aromatic heterocycles. The average Bonchev–Trinajstić information content (AvgIpc) is 3.44. The van der Waals surface area contributed by atoms with Gasteiger partial charge in [-0.1, -0.05) is 0 Å². The molecule has 11 heteroatoms. The van der Waals surface area contributed by atoms with Crippen molar-refractivity contribution in [1.29, 1.82) is 0 Å². The molecule has 0 saturated carbocycles. The van der Waals surface area contributed by atoms with Crippen LogP contribution in [-0.4, -0.2) is 61.0 Å². The predicted molar refractivity (Wildman–Crippen MR) is 134 cm³/mol. The minimum atomic E-state index is -0.576. The van der Waals surface area contributed by atoms with Crippen LogP contribution in [0.5, 0.6) is 5.75 Å². The number of hydrogen-bond acceptors (Lipinski definition) is 7. The van der Waals surface area contributed by atoms with Gasteiger partial charge in [-0.05, 0) is 39.8 Å². The fourth-order valence-electron chi connectivity index (χ4n) is 4.25. The maximum absolute atomic E-state index is 14.5. The van der Waals surface area contributed by atoms with Gasteiger partial charge in [-0.3, -0.25) is 9.78 Å². The average molecular weight is 507 g/mol. The van der Waals surface area contributed by atoms with Crippen LogP contribution in [0.3, 0.4) is 0 Å². The second-order valence-electron chi connectivity index (χ2n) is 9.96. The van der Waals surface area contributed by atoms with E-state index in [-0.39, 0.29) is 29.1 Å². The van der Waals surface area contributed by atoms with Gasteiger partial charge in [-0.2, -0.15) is 0 Å². The number of aromatic nitrogens is 4. The molecule has 0 bridgehead atoms. The predicted octanol–water partition coefficient (Wildman–Crippen LogP) is 4.37. The van der Waals surface area contributed by atoms with Crippen LogP contribution in [0.2, 0.25) is 0 Å². The summed E-state index contributed by atoms with van der Waals surface area (Å²) in [5, 5.41) is 2.73. The van der Waals surface area contributed by atoms with E-state index in [4.69, 9.17) is 9.47 Å². The van der Waals surface area contributed by atoms with Gasteiger partial charge in [0.1, 0.15) is 28.5 Å². The highest BCUT2D eigenvalue weighted by atomic mass is 19.1. The Labute approximate surface area is 212 Å². The van der Waals surface area contributed by atoms with Crippen LogP contribution in [0.15, 0.2) is 43.0 Å². The minimum Gasteiger partial charge on any atom is -0.486 e. The van der Waals surface area contributed by atoms with Crippen LogP contribution in [0.1, 0.15) is 43.2 Å². The fraction of sp³-hybridized carbons (Fsp3) is 0.346. The molecule has 1 atom stereocenters. The van der Waals surface area contributed by atoms with Gasteiger partial charge in [-0.15, -0.1) is 0 Å². The molecular weight excluding hydrogens is 479 g/mol. The highest BCUT2D eigenvalue weighted by molar-refractivity contribution is 6.12. The van der Waals surface area contributed by atoms with Gasteiger partial charge in [0.2, 0.25) is 0 Å². The fourth-order valence-corrected chi connectivity index (χ4v) is 4.25. The van der Waals surface area contributed by atoms with E-state index >= 15 is 0 Å². The number of nitrogens with zero attached hydrogens (tertiary/aromatic N) is 5. The van der Waals surface area contributed by atoms with Crippen molar-refractivity contribution >= 4 is 34.4 Å². The summed E-state index contributed by atoms with van der Waals surface area (Å²) in [5.74, 6) is -0.557. The van der Waals surface area contributed by atoms with Crippen molar-refractivity contribution in [2.75, 3.05) is 18.4 Å². The van der Waals surface area contributed by atoms with E-state index < -0.39 is 17.3 Å². The molecule has 4 aromatic rings. The maximum Gasteiger partial charge on any atom is 0.410 e. The molecule has 5 rings (SSSR count). The van der Waals surface area contributed by atoms with Crippen LogP contribution in [0.25, 0.3) is 16.7 Å². The molecule has 0 spiro atoms. The molecule has 1 fully saturated rings. The van der Waals surface area contributed by atoms with E-state index in [1.165, 1.54) is 22.9 Å². The number of carbonyl (C=O) groups is 2. The number of benzene rings is 1. The molecule has 0 radical (unpaired) electrons. The van der Waals surface area contributed by atoms with Gasteiger partial charge in [0.05, 0.1) is 23.5 Å². The number of rotatable bonds is 4. The van der Waals surface area contributed by atoms with E-state index in [9.17, 15) is 14.0 Å². The van der Waals surface area contributed by atoms with Crippen molar-refractivity contribution in [3.05, 3.63) is 60.1 Å². The quantitative estimate of drug-likeness (QED) is 0.438. The first-order valence-electron chi connectivity index (χ1n) is 11.9. The zero-order chi connectivity index (χ0) is 26.3. The lowest BCUT2D eigenvalue weighted by Crippen LogP contribution is -2.36. The Morgan fingerprint density at radius 3 is 2.65 bits per heavy atom. The standard InChI is InChI=1S/C26H27FN6O4/c1-15-12-33-13-16(11-19(27)23(33)30-15)31-24(34)18-5-6-20(22-21(18)28-8-9-29-22)36-17-7-10-32(14-17)25(35)37-26(2,3)4/h5-6,8-9,11-13,17H,7,10,14H2,1-4H3,(H,31,34)/t17-/m0/s1. The molecule has 1 aliphatic rings. The number of anilines is 1. The van der Waals surface area contributed by atoms with Crippen molar-refractivity contribution in [3.8, 4) is 5.75 Å². The lowest BCUT2D eigenvalue weighted by molar-refractivity contribution is 0.0276. The topological polar surface area (TPSA) is 111 Å². The maximum atomic E-state index is 14.5. The number of halogens is 1. The Morgan fingerprint density at radius 1 is 1.14 bits per heavy atom. The van der Waals surface area contributed by atoms with E-state index in [2.05, 4.69) is 20.3 Å². The van der Waals surface area contributed by atoms with E-state index in [1.54, 1.807) is 36.4 Å². The monoisotopic (exact) mass is 506 g/mol. The Morgan fingerprint density at radius 2 is 1.89 bits per heavy atom. The summed E-state index contributed by atoms with van der Waals surface area (Å²) in [7, 11) is 0. The first-order chi connectivity index (χ1) is 17.6. The number of carbonyl (C=O) groups excluding carboxylic acids is 2. The highest BCUT2D eigenvalue weighted by Gasteiger charge is 2.31. The van der Waals surface area contributed by atoms with Crippen molar-refractivity contribution in [1.82, 2.24) is 24.3 Å². The van der Waals surface area contributed by atoms with Gasteiger partial charge >= 0.3 is 6.09 Å². The summed E-state index contributed by atoms with van der Waals surface area (Å²) in [5.41, 5.74) is 1.57. The van der Waals surface area contributed by atoms with Crippen molar-refractivity contribution in [2.24, 2.45) is 0 Å². The third-order valence-electron chi connectivity index (χ3n) is 5.81. The first kappa shape index (κ1) is 24.4. The molecule has 1 aliphatic heterocycles. The highest BCUT2D eigenvalue weighted by Crippen LogP contribution is 2.29. The second kappa shape index (κ2) is 9.30. The van der Waals surface area contributed by atoms with Crippen LogP contribution in [0.4, 0.5) is 14.9 Å². The number of fused-ring (bicyclic) bond motifs is 2. The SMILES string of the molecule is Cc1cn2cc(NC(=O)c3ccc(O[C@H]4CCN(C(=O)OC(C)(C)C)C4)c4nccnc34)cc(F)c2n1. The van der Waals surface area contributed by atoms with Crippen molar-refractivity contribution < 1.29 is 23.5 Å². The summed E-state index contributed by atoms with van der Waals surface area (Å²) >= 11 is 0. The lowest BCUT2D eigenvalue weighted by atomic mass is 10.1. The van der Waals surface area contributed by atoms with Gasteiger partial charge in [0.15, 0.2) is 11.5 Å². The number of imidazole rings is 1. The minimum absolute atomic E-state index is 0.186. The van der Waals surface area contributed by atoms with Gasteiger partial charge in [0, 0.05) is 43.8 Å². The lowest BCUT2D eigenvalue weighted by Gasteiger charge is -2.24. The normalized spacial score (nSPS) is 15.8. The number of pyridine rings is 1. The molecule has 4 heterocycles. The van der Waals surface area contributed by atoms with E-state index in [0.29, 0.717) is 42.0 Å². The van der Waals surface area contributed by atoms with Gasteiger partial charge in [-0.25, -0.2) is 19.2 Å². The third kappa shape index (κ3) is 5.16. The molecule has 1 N–H and O–H groups in total. The zero-order valence-corrected chi connectivity index (χ0v) is 21.0. The number of likely N-dealkylation sites (tertiary alicyclic amines) is 1. The molecule has 2 amide bonds. The summed E-state index contributed by atoms with van der Waals surface area (Å²) < 4.78 is 27.6.